The Morgan fingerprint density at radius 2 is 2.23 bits per heavy atom. The Hall–Kier alpha value is -2.25. The van der Waals surface area contributed by atoms with Crippen molar-refractivity contribution in [3.8, 4) is 0 Å². The normalized spacial score (nSPS) is 20.4. The molecule has 1 fully saturated rings. The van der Waals surface area contributed by atoms with Gasteiger partial charge >= 0.3 is 0 Å². The van der Waals surface area contributed by atoms with Crippen LogP contribution in [0.2, 0.25) is 0 Å². The van der Waals surface area contributed by atoms with Gasteiger partial charge in [-0.2, -0.15) is 0 Å². The molecule has 3 heterocycles. The number of likely N-dealkylation sites (tertiary alicyclic amines) is 1. The average molecular weight is 358 g/mol. The lowest BCUT2D eigenvalue weighted by Gasteiger charge is -2.18. The maximum atomic E-state index is 12.4. The highest BCUT2D eigenvalue weighted by Crippen LogP contribution is 2.19. The summed E-state index contributed by atoms with van der Waals surface area (Å²) in [5.74, 6) is 0.806. The van der Waals surface area contributed by atoms with Gasteiger partial charge in [0.1, 0.15) is 5.76 Å². The highest BCUT2D eigenvalue weighted by Gasteiger charge is 2.33. The largest absolute Gasteiger partial charge is 0.396 e. The van der Waals surface area contributed by atoms with Gasteiger partial charge in [0.15, 0.2) is 0 Å². The molecule has 0 aliphatic carbocycles. The van der Waals surface area contributed by atoms with Crippen LogP contribution < -0.4 is 5.32 Å². The average Bonchev–Trinajstić information content (AvgIpc) is 3.16. The summed E-state index contributed by atoms with van der Waals surface area (Å²) in [6, 6.07) is 5.81. The van der Waals surface area contributed by atoms with Crippen LogP contribution in [0.3, 0.4) is 0 Å². The van der Waals surface area contributed by atoms with Crippen molar-refractivity contribution in [3.63, 3.8) is 0 Å². The van der Waals surface area contributed by atoms with E-state index in [1.54, 1.807) is 6.20 Å². The van der Waals surface area contributed by atoms with E-state index in [1.165, 1.54) is 0 Å². The van der Waals surface area contributed by atoms with Gasteiger partial charge in [-0.1, -0.05) is 11.2 Å². The maximum absolute atomic E-state index is 12.4. The molecule has 7 nitrogen and oxygen atoms in total. The molecule has 1 amide bonds. The number of amides is 1. The molecule has 0 aromatic carbocycles. The molecule has 26 heavy (non-hydrogen) atoms. The number of pyridine rings is 1. The highest BCUT2D eigenvalue weighted by atomic mass is 16.5. The van der Waals surface area contributed by atoms with Gasteiger partial charge in [0.2, 0.25) is 5.91 Å². The standard InChI is InChI=1S/C19H26N4O3/c1-13-17(14(2)26-22-13)6-7-19(25)21-18-11-23(9-15(18)12-24)10-16-5-3-4-8-20-16/h3-5,8,15,18,24H,6-7,9-12H2,1-2H3,(H,21,25)/t15-,18+/m0/s1. The zero-order valence-corrected chi connectivity index (χ0v) is 15.3. The third-order valence-corrected chi connectivity index (χ3v) is 4.99. The van der Waals surface area contributed by atoms with Gasteiger partial charge in [0.05, 0.1) is 11.4 Å². The second kappa shape index (κ2) is 8.42. The predicted octanol–water partition coefficient (Wildman–Crippen LogP) is 1.23. The van der Waals surface area contributed by atoms with Crippen LogP contribution in [0.25, 0.3) is 0 Å². The number of carbonyl (C=O) groups is 1. The third kappa shape index (κ3) is 4.47. The van der Waals surface area contributed by atoms with Crippen molar-refractivity contribution in [2.45, 2.75) is 39.3 Å². The van der Waals surface area contributed by atoms with Crippen LogP contribution in [0.5, 0.6) is 0 Å². The zero-order valence-electron chi connectivity index (χ0n) is 15.3. The molecule has 0 saturated carbocycles. The number of aryl methyl sites for hydroxylation is 2. The van der Waals surface area contributed by atoms with Crippen molar-refractivity contribution in [3.05, 3.63) is 47.1 Å². The number of nitrogens with zero attached hydrogens (tertiary/aromatic N) is 3. The molecule has 2 aromatic heterocycles. The summed E-state index contributed by atoms with van der Waals surface area (Å²) in [6.45, 7) is 6.01. The van der Waals surface area contributed by atoms with E-state index in [0.717, 1.165) is 42.3 Å². The Kier molecular flexibility index (Phi) is 6.00. The number of rotatable bonds is 7. The summed E-state index contributed by atoms with van der Waals surface area (Å²) < 4.78 is 5.14. The van der Waals surface area contributed by atoms with E-state index in [2.05, 4.69) is 20.4 Å². The molecule has 2 atom stereocenters. The van der Waals surface area contributed by atoms with E-state index in [0.29, 0.717) is 12.8 Å². The molecule has 3 rings (SSSR count). The molecule has 2 aromatic rings. The molecule has 0 unspecified atom stereocenters. The fraction of sp³-hybridized carbons (Fsp3) is 0.526. The molecule has 1 saturated heterocycles. The van der Waals surface area contributed by atoms with Crippen LogP contribution in [0.4, 0.5) is 0 Å². The number of hydrogen-bond donors (Lipinski definition) is 2. The second-order valence-corrected chi connectivity index (χ2v) is 6.93. The van der Waals surface area contributed by atoms with E-state index in [9.17, 15) is 9.90 Å². The van der Waals surface area contributed by atoms with E-state index in [-0.39, 0.29) is 24.5 Å². The fourth-order valence-corrected chi connectivity index (χ4v) is 3.54. The summed E-state index contributed by atoms with van der Waals surface area (Å²) >= 11 is 0. The SMILES string of the molecule is Cc1noc(C)c1CCC(=O)N[C@@H]1CN(Cc2ccccn2)C[C@H]1CO. The van der Waals surface area contributed by atoms with E-state index >= 15 is 0 Å². The molecule has 1 aliphatic rings. The van der Waals surface area contributed by atoms with Gasteiger partial charge < -0.3 is 14.9 Å². The molecule has 140 valence electrons. The Morgan fingerprint density at radius 3 is 2.88 bits per heavy atom. The molecule has 2 N–H and O–H groups in total. The van der Waals surface area contributed by atoms with Crippen LogP contribution in [0.15, 0.2) is 28.9 Å². The second-order valence-electron chi connectivity index (χ2n) is 6.93. The molecule has 1 aliphatic heterocycles. The number of aliphatic hydroxyl groups is 1. The Morgan fingerprint density at radius 1 is 1.38 bits per heavy atom. The number of aromatic nitrogens is 2. The van der Waals surface area contributed by atoms with E-state index in [4.69, 9.17) is 4.52 Å². The van der Waals surface area contributed by atoms with Gasteiger partial charge in [-0.05, 0) is 32.4 Å². The van der Waals surface area contributed by atoms with Crippen LogP contribution in [-0.4, -0.2) is 51.8 Å². The zero-order chi connectivity index (χ0) is 18.5. The van der Waals surface area contributed by atoms with Crippen molar-refractivity contribution in [1.82, 2.24) is 20.4 Å². The summed E-state index contributed by atoms with van der Waals surface area (Å²) in [5.41, 5.74) is 2.84. The predicted molar refractivity (Wildman–Crippen MR) is 96.3 cm³/mol. The van der Waals surface area contributed by atoms with Crippen molar-refractivity contribution < 1.29 is 14.4 Å². The first-order chi connectivity index (χ1) is 12.6. The number of aliphatic hydroxyl groups excluding tert-OH is 1. The van der Waals surface area contributed by atoms with Gasteiger partial charge in [0, 0.05) is 56.4 Å². The van der Waals surface area contributed by atoms with Crippen molar-refractivity contribution in [2.24, 2.45) is 5.92 Å². The van der Waals surface area contributed by atoms with Crippen molar-refractivity contribution in [2.75, 3.05) is 19.7 Å². The van der Waals surface area contributed by atoms with Crippen LogP contribution in [0, 0.1) is 19.8 Å². The number of nitrogens with one attached hydrogen (secondary N) is 1. The topological polar surface area (TPSA) is 91.5 Å². The number of carbonyl (C=O) groups excluding carboxylic acids is 1. The maximum Gasteiger partial charge on any atom is 0.220 e. The molecular weight excluding hydrogens is 332 g/mol. The van der Waals surface area contributed by atoms with Crippen LogP contribution >= 0.6 is 0 Å². The first-order valence-electron chi connectivity index (χ1n) is 9.01. The number of hydrogen-bond acceptors (Lipinski definition) is 6. The van der Waals surface area contributed by atoms with Crippen LogP contribution in [0.1, 0.15) is 29.1 Å². The molecule has 0 radical (unpaired) electrons. The summed E-state index contributed by atoms with van der Waals surface area (Å²) in [7, 11) is 0. The van der Waals surface area contributed by atoms with Crippen LogP contribution in [-0.2, 0) is 17.8 Å². The summed E-state index contributed by atoms with van der Waals surface area (Å²) in [6.07, 6.45) is 2.78. The minimum absolute atomic E-state index is 0.00636. The molecular formula is C19H26N4O3. The Balaban J connectivity index is 1.52. The third-order valence-electron chi connectivity index (χ3n) is 4.99. The molecule has 7 heteroatoms. The Bertz CT molecular complexity index is 712. The lowest BCUT2D eigenvalue weighted by Crippen LogP contribution is -2.41. The Labute approximate surface area is 153 Å². The highest BCUT2D eigenvalue weighted by molar-refractivity contribution is 5.76. The van der Waals surface area contributed by atoms with Crippen molar-refractivity contribution in [1.29, 1.82) is 0 Å². The first kappa shape index (κ1) is 18.5. The van der Waals surface area contributed by atoms with Gasteiger partial charge in [-0.25, -0.2) is 0 Å². The lowest BCUT2D eigenvalue weighted by molar-refractivity contribution is -0.122. The molecule has 0 bridgehead atoms. The fourth-order valence-electron chi connectivity index (χ4n) is 3.54. The smallest absolute Gasteiger partial charge is 0.220 e. The van der Waals surface area contributed by atoms with Crippen molar-refractivity contribution >= 4 is 5.91 Å². The summed E-state index contributed by atoms with van der Waals surface area (Å²) in [5, 5.41) is 16.7. The van der Waals surface area contributed by atoms with Gasteiger partial charge in [0.25, 0.3) is 0 Å². The van der Waals surface area contributed by atoms with Gasteiger partial charge in [-0.3, -0.25) is 14.7 Å². The quantitative estimate of drug-likeness (QED) is 0.773. The monoisotopic (exact) mass is 358 g/mol. The van der Waals surface area contributed by atoms with E-state index in [1.807, 2.05) is 32.0 Å². The molecule has 0 spiro atoms. The first-order valence-corrected chi connectivity index (χ1v) is 9.01. The minimum Gasteiger partial charge on any atom is -0.396 e. The minimum atomic E-state index is -0.0409. The van der Waals surface area contributed by atoms with E-state index < -0.39 is 0 Å². The summed E-state index contributed by atoms with van der Waals surface area (Å²) in [4.78, 5) is 18.9. The van der Waals surface area contributed by atoms with Gasteiger partial charge in [-0.15, -0.1) is 0 Å². The lowest BCUT2D eigenvalue weighted by atomic mass is 10.0.